The highest BCUT2D eigenvalue weighted by Gasteiger charge is 2.28. The minimum Gasteiger partial charge on any atom is -0.321 e. The maximum atomic E-state index is 13.1. The Bertz CT molecular complexity index is 1160. The maximum absolute atomic E-state index is 13.1. The molecule has 3 aromatic rings. The fourth-order valence-corrected chi connectivity index (χ4v) is 6.70. The smallest absolute Gasteiger partial charge is 0.267 e. The quantitative estimate of drug-likeness (QED) is 0.586. The van der Waals surface area contributed by atoms with E-state index in [-0.39, 0.29) is 10.8 Å². The summed E-state index contributed by atoms with van der Waals surface area (Å²) in [6, 6.07) is 10.4. The zero-order chi connectivity index (χ0) is 22.0. The van der Waals surface area contributed by atoms with Gasteiger partial charge in [-0.25, -0.2) is 13.4 Å². The molecular formula is C21H24N4O3S3. The van der Waals surface area contributed by atoms with Crippen LogP contribution < -0.4 is 5.32 Å². The Morgan fingerprint density at radius 3 is 2.61 bits per heavy atom. The van der Waals surface area contributed by atoms with Gasteiger partial charge in [0.2, 0.25) is 10.0 Å². The number of piperazine rings is 1. The molecule has 0 bridgehead atoms. The Morgan fingerprint density at radius 1 is 1.16 bits per heavy atom. The minimum absolute atomic E-state index is 0.190. The number of sulfonamides is 1. The van der Waals surface area contributed by atoms with Crippen molar-refractivity contribution in [3.8, 4) is 9.88 Å². The largest absolute Gasteiger partial charge is 0.321 e. The lowest BCUT2D eigenvalue weighted by Crippen LogP contribution is -2.48. The third-order valence-electron chi connectivity index (χ3n) is 5.24. The lowest BCUT2D eigenvalue weighted by molar-refractivity contribution is 0.102. The number of aryl methyl sites for hydroxylation is 1. The predicted octanol–water partition coefficient (Wildman–Crippen LogP) is 3.76. The van der Waals surface area contributed by atoms with Crippen molar-refractivity contribution in [2.45, 2.75) is 18.7 Å². The van der Waals surface area contributed by atoms with Crippen LogP contribution in [0.1, 0.15) is 22.3 Å². The normalized spacial score (nSPS) is 15.8. The van der Waals surface area contributed by atoms with Crippen molar-refractivity contribution in [1.29, 1.82) is 0 Å². The van der Waals surface area contributed by atoms with Gasteiger partial charge in [-0.2, -0.15) is 4.31 Å². The summed E-state index contributed by atoms with van der Waals surface area (Å²) in [7, 11) is -3.60. The summed E-state index contributed by atoms with van der Waals surface area (Å²) < 4.78 is 27.6. The number of hydrogen-bond acceptors (Lipinski definition) is 7. The number of nitrogens with one attached hydrogen (secondary N) is 1. The Kier molecular flexibility index (Phi) is 6.54. The van der Waals surface area contributed by atoms with E-state index in [1.54, 1.807) is 36.5 Å². The summed E-state index contributed by atoms with van der Waals surface area (Å²) in [5.74, 6) is -0.288. The number of carbonyl (C=O) groups excluding carboxylic acids is 1. The van der Waals surface area contributed by atoms with Crippen molar-refractivity contribution in [2.75, 3.05) is 38.0 Å². The van der Waals surface area contributed by atoms with Crippen molar-refractivity contribution in [3.63, 3.8) is 0 Å². The first-order valence-electron chi connectivity index (χ1n) is 10.0. The van der Waals surface area contributed by atoms with Crippen molar-refractivity contribution < 1.29 is 13.2 Å². The highest BCUT2D eigenvalue weighted by Crippen LogP contribution is 2.31. The van der Waals surface area contributed by atoms with Gasteiger partial charge in [-0.15, -0.1) is 22.7 Å². The number of carbonyl (C=O) groups is 1. The van der Waals surface area contributed by atoms with E-state index in [0.29, 0.717) is 29.3 Å². The lowest BCUT2D eigenvalue weighted by atomic mass is 10.3. The Balaban J connectivity index is 1.51. The second kappa shape index (κ2) is 9.17. The second-order valence-corrected chi connectivity index (χ2v) is 11.1. The van der Waals surface area contributed by atoms with Crippen molar-refractivity contribution in [2.24, 2.45) is 0 Å². The molecule has 0 atom stereocenters. The Hall–Kier alpha value is -2.11. The van der Waals surface area contributed by atoms with Gasteiger partial charge in [0.1, 0.15) is 9.88 Å². The molecule has 0 saturated carbocycles. The van der Waals surface area contributed by atoms with Gasteiger partial charge in [-0.05, 0) is 43.1 Å². The summed E-state index contributed by atoms with van der Waals surface area (Å²) >= 11 is 2.91. The number of benzene rings is 1. The summed E-state index contributed by atoms with van der Waals surface area (Å²) in [4.78, 5) is 21.3. The van der Waals surface area contributed by atoms with Gasteiger partial charge in [0.25, 0.3) is 5.91 Å². The average Bonchev–Trinajstić information content (AvgIpc) is 3.44. The molecule has 31 heavy (non-hydrogen) atoms. The zero-order valence-electron chi connectivity index (χ0n) is 17.4. The lowest BCUT2D eigenvalue weighted by Gasteiger charge is -2.33. The highest BCUT2D eigenvalue weighted by atomic mass is 32.2. The Morgan fingerprint density at radius 2 is 1.94 bits per heavy atom. The van der Waals surface area contributed by atoms with Crippen molar-refractivity contribution in [3.05, 3.63) is 52.3 Å². The predicted molar refractivity (Wildman–Crippen MR) is 125 cm³/mol. The maximum Gasteiger partial charge on any atom is 0.267 e. The number of nitrogens with zero attached hydrogens (tertiary/aromatic N) is 3. The van der Waals surface area contributed by atoms with E-state index in [0.717, 1.165) is 29.5 Å². The number of amides is 1. The second-order valence-electron chi connectivity index (χ2n) is 7.23. The van der Waals surface area contributed by atoms with Crippen LogP contribution >= 0.6 is 22.7 Å². The molecule has 0 radical (unpaired) electrons. The molecular weight excluding hydrogens is 452 g/mol. The molecule has 3 heterocycles. The van der Waals surface area contributed by atoms with Crippen LogP contribution in [0, 0.1) is 6.92 Å². The molecule has 1 aliphatic rings. The first-order valence-corrected chi connectivity index (χ1v) is 13.2. The summed E-state index contributed by atoms with van der Waals surface area (Å²) in [5, 5.41) is 5.61. The van der Waals surface area contributed by atoms with E-state index in [2.05, 4.69) is 22.1 Å². The summed E-state index contributed by atoms with van der Waals surface area (Å²) in [6.07, 6.45) is 0. The topological polar surface area (TPSA) is 82.6 Å². The molecule has 1 fully saturated rings. The fraction of sp³-hybridized carbons (Fsp3) is 0.333. The first kappa shape index (κ1) is 22.1. The molecule has 0 aliphatic carbocycles. The number of aromatic nitrogens is 1. The molecule has 1 aromatic carbocycles. The monoisotopic (exact) mass is 476 g/mol. The fourth-order valence-electron chi connectivity index (χ4n) is 3.47. The number of thiophene rings is 1. The van der Waals surface area contributed by atoms with Crippen LogP contribution in [0.4, 0.5) is 5.69 Å². The van der Waals surface area contributed by atoms with Gasteiger partial charge in [0.05, 0.1) is 15.5 Å². The van der Waals surface area contributed by atoms with Crippen LogP contribution in [-0.4, -0.2) is 61.2 Å². The molecule has 1 aliphatic heterocycles. The Labute approximate surface area is 190 Å². The average molecular weight is 477 g/mol. The molecule has 4 rings (SSSR count). The van der Waals surface area contributed by atoms with Crippen molar-refractivity contribution in [1.82, 2.24) is 14.2 Å². The summed E-state index contributed by atoms with van der Waals surface area (Å²) in [5.41, 5.74) is 1.10. The number of rotatable bonds is 6. The standard InChI is InChI=1S/C21H24N4O3S3/c1-3-24-9-11-25(12-10-24)31(27,28)17-7-4-6-16(14-17)23-20(26)19-15(2)22-21(30-19)18-8-5-13-29-18/h4-8,13-14H,3,9-12H2,1-2H3,(H,23,26). The third-order valence-corrected chi connectivity index (χ3v) is 9.33. The van der Waals surface area contributed by atoms with E-state index in [9.17, 15) is 13.2 Å². The summed E-state index contributed by atoms with van der Waals surface area (Å²) in [6.45, 7) is 7.19. The van der Waals surface area contributed by atoms with Crippen LogP contribution in [0.2, 0.25) is 0 Å². The molecule has 7 nitrogen and oxygen atoms in total. The SMILES string of the molecule is CCN1CCN(S(=O)(=O)c2cccc(NC(=O)c3sc(-c4cccs4)nc3C)c2)CC1. The number of anilines is 1. The van der Waals surface area contributed by atoms with Gasteiger partial charge in [0.15, 0.2) is 0 Å². The van der Waals surface area contributed by atoms with Crippen LogP contribution in [-0.2, 0) is 10.0 Å². The van der Waals surface area contributed by atoms with Gasteiger partial charge < -0.3 is 10.2 Å². The third kappa shape index (κ3) is 4.73. The van der Waals surface area contributed by atoms with E-state index < -0.39 is 10.0 Å². The molecule has 1 amide bonds. The van der Waals surface area contributed by atoms with Gasteiger partial charge in [-0.3, -0.25) is 4.79 Å². The van der Waals surface area contributed by atoms with Gasteiger partial charge in [-0.1, -0.05) is 19.1 Å². The van der Waals surface area contributed by atoms with Gasteiger partial charge >= 0.3 is 0 Å². The van der Waals surface area contributed by atoms with E-state index in [4.69, 9.17) is 0 Å². The number of likely N-dealkylation sites (N-methyl/N-ethyl adjacent to an activating group) is 1. The highest BCUT2D eigenvalue weighted by molar-refractivity contribution is 7.89. The zero-order valence-corrected chi connectivity index (χ0v) is 19.8. The molecule has 0 spiro atoms. The van der Waals surface area contributed by atoms with E-state index >= 15 is 0 Å². The van der Waals surface area contributed by atoms with Crippen LogP contribution in [0.25, 0.3) is 9.88 Å². The number of hydrogen-bond donors (Lipinski definition) is 1. The van der Waals surface area contributed by atoms with Crippen LogP contribution in [0.3, 0.4) is 0 Å². The van der Waals surface area contributed by atoms with Gasteiger partial charge in [0, 0.05) is 31.9 Å². The molecule has 2 aromatic heterocycles. The van der Waals surface area contributed by atoms with Crippen molar-refractivity contribution >= 4 is 44.3 Å². The molecule has 1 N–H and O–H groups in total. The minimum atomic E-state index is -3.60. The van der Waals surface area contributed by atoms with E-state index in [1.807, 2.05) is 17.5 Å². The molecule has 0 unspecified atom stereocenters. The molecule has 164 valence electrons. The first-order chi connectivity index (χ1) is 14.9. The molecule has 10 heteroatoms. The van der Waals surface area contributed by atoms with E-state index in [1.165, 1.54) is 21.7 Å². The molecule has 1 saturated heterocycles. The van der Waals surface area contributed by atoms with Crippen LogP contribution in [0.5, 0.6) is 0 Å². The van der Waals surface area contributed by atoms with Crippen LogP contribution in [0.15, 0.2) is 46.7 Å². The number of thiazole rings is 1.